The van der Waals surface area contributed by atoms with Gasteiger partial charge in [-0.2, -0.15) is 0 Å². The minimum Gasteiger partial charge on any atom is -0.457 e. The molecule has 10 heteroatoms. The molecular formula is C38H44ClFI2N4O2. The number of benzene rings is 4. The van der Waals surface area contributed by atoms with Crippen LogP contribution in [-0.4, -0.2) is 49.2 Å². The van der Waals surface area contributed by atoms with Gasteiger partial charge in [-0.05, 0) is 164 Å². The molecule has 0 saturated heterocycles. The van der Waals surface area contributed by atoms with E-state index in [0.717, 1.165) is 80.5 Å². The molecule has 0 heterocycles. The van der Waals surface area contributed by atoms with E-state index in [1.807, 2.05) is 117 Å². The third kappa shape index (κ3) is 11.9. The number of ether oxygens (including phenoxy) is 2. The fourth-order valence-electron chi connectivity index (χ4n) is 4.35. The van der Waals surface area contributed by atoms with E-state index in [1.54, 1.807) is 12.1 Å². The fourth-order valence-corrected chi connectivity index (χ4v) is 5.19. The number of nitrogens with zero attached hydrogens (tertiary/aromatic N) is 4. The molecule has 0 aromatic heterocycles. The Labute approximate surface area is 317 Å². The van der Waals surface area contributed by atoms with Gasteiger partial charge in [0.1, 0.15) is 28.8 Å². The van der Waals surface area contributed by atoms with E-state index in [9.17, 15) is 4.39 Å². The van der Waals surface area contributed by atoms with Crippen LogP contribution < -0.4 is 9.47 Å². The maximum Gasteiger partial charge on any atom is 0.140 e. The normalized spacial score (nSPS) is 11.1. The summed E-state index contributed by atoms with van der Waals surface area (Å²) in [5.74, 6) is 2.50. The topological polar surface area (TPSA) is 49.7 Å². The summed E-state index contributed by atoms with van der Waals surface area (Å²) in [5, 5.41) is 0.696. The van der Waals surface area contributed by atoms with Gasteiger partial charge in [0.15, 0.2) is 0 Å². The van der Waals surface area contributed by atoms with Gasteiger partial charge in [-0.15, -0.1) is 0 Å². The van der Waals surface area contributed by atoms with E-state index >= 15 is 0 Å². The van der Waals surface area contributed by atoms with Crippen LogP contribution in [0.5, 0.6) is 23.0 Å². The van der Waals surface area contributed by atoms with E-state index < -0.39 is 0 Å². The quantitative estimate of drug-likeness (QED) is 0.0808. The molecule has 0 aliphatic rings. The van der Waals surface area contributed by atoms with Crippen LogP contribution in [0.2, 0.25) is 5.02 Å². The summed E-state index contributed by atoms with van der Waals surface area (Å²) in [6.07, 6.45) is 4.85. The lowest BCUT2D eigenvalue weighted by Crippen LogP contribution is -2.21. The van der Waals surface area contributed by atoms with Gasteiger partial charge < -0.3 is 19.3 Å². The van der Waals surface area contributed by atoms with Gasteiger partial charge in [-0.25, -0.2) is 14.4 Å². The van der Waals surface area contributed by atoms with Crippen molar-refractivity contribution in [3.8, 4) is 23.0 Å². The average molecular weight is 897 g/mol. The van der Waals surface area contributed by atoms with E-state index in [-0.39, 0.29) is 5.82 Å². The van der Waals surface area contributed by atoms with E-state index in [4.69, 9.17) is 21.1 Å². The average Bonchev–Trinajstić information content (AvgIpc) is 3.05. The minimum absolute atomic E-state index is 0.274. The SMILES string of the molecule is CCCN(C=Nc1cc(C)c(Oc2ccc(I)c(F)c2)cc1C)CC.CCN(C)C=Nc1cc(C)c(Oc2ccc(I)c(Cl)c2)cc1C. The van der Waals surface area contributed by atoms with E-state index in [1.165, 1.54) is 6.07 Å². The zero-order valence-corrected chi connectivity index (χ0v) is 33.9. The van der Waals surface area contributed by atoms with Crippen molar-refractivity contribution in [2.45, 2.75) is 54.9 Å². The molecule has 0 atom stereocenters. The summed E-state index contributed by atoms with van der Waals surface area (Å²) in [6.45, 7) is 17.3. The molecule has 6 nitrogen and oxygen atoms in total. The lowest BCUT2D eigenvalue weighted by atomic mass is 10.1. The molecular weight excluding hydrogens is 853 g/mol. The molecule has 0 aliphatic heterocycles. The van der Waals surface area contributed by atoms with Crippen LogP contribution in [0.3, 0.4) is 0 Å². The lowest BCUT2D eigenvalue weighted by Gasteiger charge is -2.16. The molecule has 0 N–H and O–H groups in total. The van der Waals surface area contributed by atoms with Gasteiger partial charge in [0.05, 0.1) is 29.1 Å². The van der Waals surface area contributed by atoms with Crippen LogP contribution >= 0.6 is 56.8 Å². The van der Waals surface area contributed by atoms with Crippen LogP contribution in [0, 0.1) is 40.7 Å². The second-order valence-electron chi connectivity index (χ2n) is 11.4. The zero-order valence-electron chi connectivity index (χ0n) is 28.9. The first-order valence-corrected chi connectivity index (χ1v) is 18.4. The van der Waals surface area contributed by atoms with Crippen LogP contribution in [0.25, 0.3) is 0 Å². The Morgan fingerprint density at radius 1 is 0.708 bits per heavy atom. The first-order chi connectivity index (χ1) is 22.8. The van der Waals surface area contributed by atoms with Crippen molar-refractivity contribution in [1.82, 2.24) is 9.80 Å². The molecule has 0 fully saturated rings. The van der Waals surface area contributed by atoms with Crippen molar-refractivity contribution in [2.75, 3.05) is 26.7 Å². The minimum atomic E-state index is -0.274. The first kappa shape index (κ1) is 39.5. The lowest BCUT2D eigenvalue weighted by molar-refractivity contribution is 0.452. The highest BCUT2D eigenvalue weighted by atomic mass is 127. The Morgan fingerprint density at radius 3 is 1.71 bits per heavy atom. The van der Waals surface area contributed by atoms with E-state index in [2.05, 4.69) is 58.2 Å². The van der Waals surface area contributed by atoms with Crippen molar-refractivity contribution < 1.29 is 13.9 Å². The highest BCUT2D eigenvalue weighted by Gasteiger charge is 2.10. The molecule has 0 spiro atoms. The summed E-state index contributed by atoms with van der Waals surface area (Å²) < 4.78 is 27.1. The van der Waals surface area contributed by atoms with Gasteiger partial charge >= 0.3 is 0 Å². The van der Waals surface area contributed by atoms with Crippen LogP contribution in [0.4, 0.5) is 15.8 Å². The summed E-state index contributed by atoms with van der Waals surface area (Å²) in [7, 11) is 2.00. The van der Waals surface area contributed by atoms with Gasteiger partial charge in [-0.1, -0.05) is 18.5 Å². The van der Waals surface area contributed by atoms with Gasteiger partial charge in [-0.3, -0.25) is 0 Å². The van der Waals surface area contributed by atoms with Gasteiger partial charge in [0, 0.05) is 46.0 Å². The number of rotatable bonds is 12. The molecule has 48 heavy (non-hydrogen) atoms. The largest absolute Gasteiger partial charge is 0.457 e. The third-order valence-corrected chi connectivity index (χ3v) is 9.84. The molecule has 0 bridgehead atoms. The number of aliphatic imine (C=N–C) groups is 2. The Kier molecular flexibility index (Phi) is 15.9. The molecule has 4 aromatic rings. The first-order valence-electron chi connectivity index (χ1n) is 15.9. The molecule has 4 rings (SSSR count). The predicted octanol–water partition coefficient (Wildman–Crippen LogP) is 12.2. The monoisotopic (exact) mass is 896 g/mol. The molecule has 0 aliphatic carbocycles. The Hall–Kier alpha value is -2.90. The molecule has 0 saturated carbocycles. The molecule has 256 valence electrons. The maximum atomic E-state index is 13.7. The summed E-state index contributed by atoms with van der Waals surface area (Å²) in [4.78, 5) is 13.4. The van der Waals surface area contributed by atoms with Crippen molar-refractivity contribution in [3.63, 3.8) is 0 Å². The van der Waals surface area contributed by atoms with Gasteiger partial charge in [0.2, 0.25) is 0 Å². The molecule has 0 amide bonds. The second kappa shape index (κ2) is 19.3. The zero-order chi connectivity index (χ0) is 35.4. The van der Waals surface area contributed by atoms with Crippen LogP contribution in [-0.2, 0) is 0 Å². The van der Waals surface area contributed by atoms with Crippen molar-refractivity contribution in [3.05, 3.63) is 101 Å². The third-order valence-electron chi connectivity index (χ3n) is 7.39. The number of halogens is 4. The Morgan fingerprint density at radius 2 is 1.23 bits per heavy atom. The molecule has 4 aromatic carbocycles. The van der Waals surface area contributed by atoms with Crippen molar-refractivity contribution in [2.24, 2.45) is 9.98 Å². The standard InChI is InChI=1S/C20H24FIN2O.C18H20ClIN2O/c1-5-9-24(6-2)13-23-19-10-15(4)20(11-14(19)3)25-16-7-8-18(22)17(21)12-16;1-5-22(4)11-21-17-8-13(3)18(9-12(17)2)23-14-6-7-16(20)15(19)10-14/h7-8,10-13H,5-6,9H2,1-4H3;6-11H,5H2,1-4H3. The molecule has 0 radical (unpaired) electrons. The summed E-state index contributed by atoms with van der Waals surface area (Å²) in [5.41, 5.74) is 5.98. The number of hydrogen-bond donors (Lipinski definition) is 0. The molecule has 0 unspecified atom stereocenters. The van der Waals surface area contributed by atoms with Crippen LogP contribution in [0.1, 0.15) is 49.4 Å². The Balaban J connectivity index is 0.000000261. The fraction of sp³-hybridized carbons (Fsp3) is 0.316. The number of hydrogen-bond acceptors (Lipinski definition) is 4. The summed E-state index contributed by atoms with van der Waals surface area (Å²) in [6, 6.07) is 18.6. The highest BCUT2D eigenvalue weighted by Crippen LogP contribution is 2.34. The predicted molar refractivity (Wildman–Crippen MR) is 217 cm³/mol. The van der Waals surface area contributed by atoms with Gasteiger partial charge in [0.25, 0.3) is 0 Å². The Bertz CT molecular complexity index is 1750. The highest BCUT2D eigenvalue weighted by molar-refractivity contribution is 14.1. The van der Waals surface area contributed by atoms with Crippen molar-refractivity contribution in [1.29, 1.82) is 0 Å². The maximum absolute atomic E-state index is 13.7. The van der Waals surface area contributed by atoms with Crippen molar-refractivity contribution >= 4 is 80.8 Å². The van der Waals surface area contributed by atoms with E-state index in [0.29, 0.717) is 14.3 Å². The summed E-state index contributed by atoms with van der Waals surface area (Å²) >= 11 is 10.3. The van der Waals surface area contributed by atoms with Crippen LogP contribution in [0.15, 0.2) is 70.6 Å². The smallest absolute Gasteiger partial charge is 0.140 e. The second-order valence-corrected chi connectivity index (χ2v) is 14.1. The number of aryl methyl sites for hydroxylation is 4.